The minimum Gasteiger partial charge on any atom is -0.507 e. The number of phenolic OH excluding ortho intramolecular Hbond substituents is 1. The molecule has 0 aromatic heterocycles. The summed E-state index contributed by atoms with van der Waals surface area (Å²) in [5.41, 5.74) is 6.26. The Bertz CT molecular complexity index is 2750. The van der Waals surface area contributed by atoms with Gasteiger partial charge in [-0.3, -0.25) is 9.11 Å². The topological polar surface area (TPSA) is 287 Å². The van der Waals surface area contributed by atoms with Crippen molar-refractivity contribution < 1.29 is 46.1 Å². The fourth-order valence-electron chi connectivity index (χ4n) is 4.97. The van der Waals surface area contributed by atoms with Crippen LogP contribution in [0.1, 0.15) is 10.4 Å². The Labute approximate surface area is 293 Å². The van der Waals surface area contributed by atoms with Crippen LogP contribution in [0.15, 0.2) is 138 Å². The molecular formula is C33H23N7O10S2. The first-order valence-electron chi connectivity index (χ1n) is 14.6. The third-order valence-electron chi connectivity index (χ3n) is 7.46. The molecule has 0 spiro atoms. The van der Waals surface area contributed by atoms with Gasteiger partial charge in [0, 0.05) is 21.8 Å². The van der Waals surface area contributed by atoms with Crippen molar-refractivity contribution in [1.82, 2.24) is 0 Å². The van der Waals surface area contributed by atoms with Gasteiger partial charge < -0.3 is 21.1 Å². The summed E-state index contributed by atoms with van der Waals surface area (Å²) >= 11 is 0. The number of hydrogen-bond acceptors (Lipinski definition) is 14. The Morgan fingerprint density at radius 2 is 1.15 bits per heavy atom. The number of azo groups is 3. The smallest absolute Gasteiger partial charge is 0.339 e. The van der Waals surface area contributed by atoms with E-state index < -0.39 is 53.2 Å². The maximum absolute atomic E-state index is 12.2. The van der Waals surface area contributed by atoms with E-state index in [1.54, 1.807) is 24.3 Å². The minimum atomic E-state index is -4.91. The third kappa shape index (κ3) is 7.41. The number of phenols is 2. The molecule has 0 atom stereocenters. The molecule has 17 nitrogen and oxygen atoms in total. The predicted molar refractivity (Wildman–Crippen MR) is 188 cm³/mol. The van der Waals surface area contributed by atoms with Gasteiger partial charge in [-0.15, -0.1) is 15.3 Å². The Morgan fingerprint density at radius 3 is 1.79 bits per heavy atom. The van der Waals surface area contributed by atoms with E-state index in [1.807, 2.05) is 0 Å². The highest BCUT2D eigenvalue weighted by Crippen LogP contribution is 2.43. The SMILES string of the molecule is Nc1ccc2c(O)c(N=Nc3ccc(N=Nc4ccc(N=Nc5ccc(O)c(C(=O)O)c5)cc4)c4cc(S(=O)(=O)O)ccc34)c(S(=O)(=O)O)cc2c1. The summed E-state index contributed by atoms with van der Waals surface area (Å²) < 4.78 is 68.1. The molecule has 19 heteroatoms. The Morgan fingerprint density at radius 1 is 0.577 bits per heavy atom. The number of nitrogens with two attached hydrogens (primary N) is 1. The molecule has 0 heterocycles. The zero-order valence-electron chi connectivity index (χ0n) is 26.1. The van der Waals surface area contributed by atoms with Gasteiger partial charge in [0.15, 0.2) is 5.75 Å². The monoisotopic (exact) mass is 741 g/mol. The molecule has 0 aliphatic heterocycles. The molecule has 0 saturated carbocycles. The molecule has 0 amide bonds. The Balaban J connectivity index is 1.35. The molecule has 0 fully saturated rings. The van der Waals surface area contributed by atoms with Crippen LogP contribution in [-0.2, 0) is 20.2 Å². The number of carboxylic acid groups (broad SMARTS) is 1. The molecule has 0 aliphatic carbocycles. The molecule has 52 heavy (non-hydrogen) atoms. The predicted octanol–water partition coefficient (Wildman–Crippen LogP) is 8.42. The standard InChI is InChI=1S/C33H23N7O10S2/c34-18-1-8-23-17(13-18)14-30(52(48,49)50)31(32(23)42)40-39-27-10-11-28(25-16-22(51(45,46)47)7-9-24(25)27)38-36-20-4-2-19(3-5-20)35-37-21-6-12-29(41)26(15-21)33(43)44/h1-16,41-42H,34H2,(H,43,44)(H,45,46,47)(H,48,49,50). The summed E-state index contributed by atoms with van der Waals surface area (Å²) in [6.45, 7) is 0. The number of aromatic carboxylic acids is 1. The van der Waals surface area contributed by atoms with Crippen LogP contribution in [0, 0.1) is 0 Å². The van der Waals surface area contributed by atoms with Crippen LogP contribution in [0.25, 0.3) is 21.5 Å². The molecule has 6 aromatic carbocycles. The second-order valence-electron chi connectivity index (χ2n) is 10.9. The van der Waals surface area contributed by atoms with Crippen molar-refractivity contribution in [2.24, 2.45) is 30.7 Å². The second kappa shape index (κ2) is 13.6. The zero-order chi connectivity index (χ0) is 37.4. The molecule has 262 valence electrons. The zero-order valence-corrected chi connectivity index (χ0v) is 27.7. The van der Waals surface area contributed by atoms with Gasteiger partial charge in [0.25, 0.3) is 20.2 Å². The van der Waals surface area contributed by atoms with E-state index in [0.717, 1.165) is 24.3 Å². The molecule has 7 N–H and O–H groups in total. The van der Waals surface area contributed by atoms with Crippen LogP contribution in [0.4, 0.5) is 39.8 Å². The van der Waals surface area contributed by atoms with Gasteiger partial charge in [0.1, 0.15) is 21.9 Å². The number of carboxylic acids is 1. The number of aromatic hydroxyl groups is 2. The number of nitrogens with zero attached hydrogens (tertiary/aromatic N) is 6. The number of fused-ring (bicyclic) bond motifs is 2. The normalized spacial score (nSPS) is 12.5. The first-order valence-corrected chi connectivity index (χ1v) is 17.4. The highest BCUT2D eigenvalue weighted by Gasteiger charge is 2.22. The lowest BCUT2D eigenvalue weighted by atomic mass is 10.1. The van der Waals surface area contributed by atoms with Gasteiger partial charge in [-0.05, 0) is 96.4 Å². The van der Waals surface area contributed by atoms with Crippen molar-refractivity contribution in [3.05, 3.63) is 103 Å². The second-order valence-corrected chi connectivity index (χ2v) is 13.7. The number of rotatable bonds is 9. The molecule has 6 aromatic rings. The van der Waals surface area contributed by atoms with Crippen molar-refractivity contribution in [2.45, 2.75) is 9.79 Å². The Kier molecular flexibility index (Phi) is 9.17. The molecule has 0 aliphatic rings. The fraction of sp³-hybridized carbons (Fsp3) is 0. The van der Waals surface area contributed by atoms with Crippen LogP contribution in [0.3, 0.4) is 0 Å². The molecule has 0 unspecified atom stereocenters. The van der Waals surface area contributed by atoms with Crippen molar-refractivity contribution in [3.8, 4) is 11.5 Å². The highest BCUT2D eigenvalue weighted by atomic mass is 32.2. The summed E-state index contributed by atoms with van der Waals surface area (Å²) in [4.78, 5) is 10.0. The summed E-state index contributed by atoms with van der Waals surface area (Å²) in [5.74, 6) is -2.34. The first kappa shape index (κ1) is 35.2. The summed E-state index contributed by atoms with van der Waals surface area (Å²) in [7, 11) is -9.57. The molecule has 0 radical (unpaired) electrons. The summed E-state index contributed by atoms with van der Waals surface area (Å²) in [6.07, 6.45) is 0. The van der Waals surface area contributed by atoms with E-state index in [1.165, 1.54) is 48.5 Å². The fourth-order valence-corrected chi connectivity index (χ4v) is 6.13. The van der Waals surface area contributed by atoms with Crippen molar-refractivity contribution in [2.75, 3.05) is 5.73 Å². The van der Waals surface area contributed by atoms with Gasteiger partial charge in [0.2, 0.25) is 0 Å². The maximum Gasteiger partial charge on any atom is 0.339 e. The average molecular weight is 742 g/mol. The lowest BCUT2D eigenvalue weighted by Crippen LogP contribution is -1.99. The number of benzene rings is 6. The minimum absolute atomic E-state index is 0.0627. The molecule has 6 rings (SSSR count). The largest absolute Gasteiger partial charge is 0.507 e. The number of anilines is 1. The van der Waals surface area contributed by atoms with Crippen LogP contribution in [0.5, 0.6) is 11.5 Å². The first-order chi connectivity index (χ1) is 24.6. The van der Waals surface area contributed by atoms with Crippen LogP contribution < -0.4 is 5.73 Å². The highest BCUT2D eigenvalue weighted by molar-refractivity contribution is 7.86. The quantitative estimate of drug-likeness (QED) is 0.0464. The van der Waals surface area contributed by atoms with E-state index in [4.69, 9.17) is 10.8 Å². The Hall–Kier alpha value is -6.67. The lowest BCUT2D eigenvalue weighted by molar-refractivity contribution is 0.0693. The van der Waals surface area contributed by atoms with Gasteiger partial charge in [-0.25, -0.2) is 4.79 Å². The van der Waals surface area contributed by atoms with E-state index in [0.29, 0.717) is 11.4 Å². The molecule has 0 bridgehead atoms. The maximum atomic E-state index is 12.2. The molecule has 0 saturated heterocycles. The number of hydrogen-bond donors (Lipinski definition) is 6. The third-order valence-corrected chi connectivity index (χ3v) is 9.18. The van der Waals surface area contributed by atoms with Crippen LogP contribution >= 0.6 is 0 Å². The van der Waals surface area contributed by atoms with Gasteiger partial charge in [0.05, 0.1) is 33.3 Å². The van der Waals surface area contributed by atoms with Gasteiger partial charge in [-0.2, -0.15) is 32.2 Å². The number of nitrogen functional groups attached to an aromatic ring is 1. The van der Waals surface area contributed by atoms with E-state index in [9.17, 15) is 40.9 Å². The summed E-state index contributed by atoms with van der Waals surface area (Å²) in [5, 5.41) is 55.0. The van der Waals surface area contributed by atoms with Gasteiger partial charge >= 0.3 is 5.97 Å². The van der Waals surface area contributed by atoms with Crippen molar-refractivity contribution in [1.29, 1.82) is 0 Å². The van der Waals surface area contributed by atoms with E-state index >= 15 is 0 Å². The lowest BCUT2D eigenvalue weighted by Gasteiger charge is -2.10. The van der Waals surface area contributed by atoms with E-state index in [-0.39, 0.29) is 49.9 Å². The van der Waals surface area contributed by atoms with Crippen molar-refractivity contribution >= 4 is 87.6 Å². The summed E-state index contributed by atoms with van der Waals surface area (Å²) in [6, 6.07) is 21.7. The van der Waals surface area contributed by atoms with E-state index in [2.05, 4.69) is 30.7 Å². The van der Waals surface area contributed by atoms with Crippen LogP contribution in [-0.4, -0.2) is 47.2 Å². The van der Waals surface area contributed by atoms with Crippen LogP contribution in [0.2, 0.25) is 0 Å². The van der Waals surface area contributed by atoms with Crippen molar-refractivity contribution in [3.63, 3.8) is 0 Å². The average Bonchev–Trinajstić information content (AvgIpc) is 3.09. The molecular weight excluding hydrogens is 719 g/mol. The van der Waals surface area contributed by atoms with Gasteiger partial charge in [-0.1, -0.05) is 6.07 Å². The number of carbonyl (C=O) groups is 1.